The lowest BCUT2D eigenvalue weighted by molar-refractivity contribution is -0.146. The van der Waals surface area contributed by atoms with Crippen molar-refractivity contribution in [1.82, 2.24) is 0 Å². The molecule has 0 bridgehead atoms. The fourth-order valence-corrected chi connectivity index (χ4v) is 2.30. The van der Waals surface area contributed by atoms with Crippen LogP contribution in [0.5, 0.6) is 23.0 Å². The maximum absolute atomic E-state index is 11.6. The Morgan fingerprint density at radius 1 is 0.786 bits per heavy atom. The summed E-state index contributed by atoms with van der Waals surface area (Å²) in [5, 5.41) is 0. The molecular formula is C22H26O6. The van der Waals surface area contributed by atoms with Gasteiger partial charge in [-0.05, 0) is 62.4 Å². The number of hydrogen-bond acceptors (Lipinski definition) is 6. The summed E-state index contributed by atoms with van der Waals surface area (Å²) < 4.78 is 27.5. The topological polar surface area (TPSA) is 63.2 Å². The molecule has 2 aromatic carbocycles. The Morgan fingerprint density at radius 2 is 1.14 bits per heavy atom. The van der Waals surface area contributed by atoms with Crippen LogP contribution in [0.25, 0.3) is 0 Å². The molecule has 0 saturated heterocycles. The van der Waals surface area contributed by atoms with Crippen LogP contribution in [-0.2, 0) is 9.53 Å². The summed E-state index contributed by atoms with van der Waals surface area (Å²) in [5.41, 5.74) is 0. The van der Waals surface area contributed by atoms with Crippen molar-refractivity contribution in [1.29, 1.82) is 0 Å². The van der Waals surface area contributed by atoms with Gasteiger partial charge in [-0.1, -0.05) is 6.58 Å². The molecule has 0 heterocycles. The Kier molecular flexibility index (Phi) is 8.72. The molecule has 6 heteroatoms. The van der Waals surface area contributed by atoms with Gasteiger partial charge in [0, 0.05) is 6.08 Å². The van der Waals surface area contributed by atoms with Crippen LogP contribution in [0.2, 0.25) is 0 Å². The first-order valence-electron chi connectivity index (χ1n) is 9.19. The van der Waals surface area contributed by atoms with E-state index in [1.807, 2.05) is 38.1 Å². The number of esters is 1. The van der Waals surface area contributed by atoms with E-state index >= 15 is 0 Å². The average Bonchev–Trinajstić information content (AvgIpc) is 2.72. The third kappa shape index (κ3) is 7.23. The summed E-state index contributed by atoms with van der Waals surface area (Å²) in [7, 11) is 0. The number of rotatable bonds is 12. The molecule has 0 N–H and O–H groups in total. The smallest absolute Gasteiger partial charge is 0.330 e. The van der Waals surface area contributed by atoms with Gasteiger partial charge in [-0.25, -0.2) is 4.79 Å². The van der Waals surface area contributed by atoms with Gasteiger partial charge in [0.05, 0.1) is 13.2 Å². The standard InChI is InChI=1S/C22H26O6/c1-4-22(23)28-21(15-26-19-11-7-17(8-12-19)24-5-2)16-27-20-13-9-18(10-14-20)25-6-3/h4,7-14,21H,1,5-6,15-16H2,2-3H3. The van der Waals surface area contributed by atoms with Crippen molar-refractivity contribution < 1.29 is 28.5 Å². The van der Waals surface area contributed by atoms with Crippen molar-refractivity contribution in [3.05, 3.63) is 61.2 Å². The second-order valence-corrected chi connectivity index (χ2v) is 5.69. The van der Waals surface area contributed by atoms with E-state index in [-0.39, 0.29) is 13.2 Å². The van der Waals surface area contributed by atoms with Gasteiger partial charge in [0.25, 0.3) is 0 Å². The molecule has 0 atom stereocenters. The summed E-state index contributed by atoms with van der Waals surface area (Å²) in [6, 6.07) is 14.5. The van der Waals surface area contributed by atoms with E-state index in [9.17, 15) is 4.79 Å². The highest BCUT2D eigenvalue weighted by atomic mass is 16.6. The van der Waals surface area contributed by atoms with E-state index in [4.69, 9.17) is 23.7 Å². The number of carbonyl (C=O) groups is 1. The van der Waals surface area contributed by atoms with Gasteiger partial charge >= 0.3 is 5.97 Å². The number of ether oxygens (including phenoxy) is 5. The largest absolute Gasteiger partial charge is 0.494 e. The van der Waals surface area contributed by atoms with Crippen molar-refractivity contribution in [2.45, 2.75) is 20.0 Å². The molecule has 6 nitrogen and oxygen atoms in total. The summed E-state index contributed by atoms with van der Waals surface area (Å²) in [4.78, 5) is 11.6. The molecule has 0 radical (unpaired) electrons. The third-order valence-corrected chi connectivity index (χ3v) is 3.59. The molecule has 0 fully saturated rings. The first-order chi connectivity index (χ1) is 13.6. The van der Waals surface area contributed by atoms with E-state index in [2.05, 4.69) is 6.58 Å². The minimum Gasteiger partial charge on any atom is -0.494 e. The summed E-state index contributed by atoms with van der Waals surface area (Å²) >= 11 is 0. The SMILES string of the molecule is C=CC(=O)OC(COc1ccc(OCC)cc1)COc1ccc(OCC)cc1. The van der Waals surface area contributed by atoms with E-state index in [0.29, 0.717) is 24.7 Å². The zero-order valence-corrected chi connectivity index (χ0v) is 16.3. The predicted molar refractivity (Wildman–Crippen MR) is 106 cm³/mol. The molecule has 0 aliphatic heterocycles. The lowest BCUT2D eigenvalue weighted by atomic mass is 10.3. The van der Waals surface area contributed by atoms with Crippen LogP contribution >= 0.6 is 0 Å². The van der Waals surface area contributed by atoms with Crippen molar-refractivity contribution in [3.8, 4) is 23.0 Å². The maximum Gasteiger partial charge on any atom is 0.330 e. The van der Waals surface area contributed by atoms with Crippen LogP contribution in [0.1, 0.15) is 13.8 Å². The Labute approximate surface area is 165 Å². The number of hydrogen-bond donors (Lipinski definition) is 0. The first-order valence-corrected chi connectivity index (χ1v) is 9.19. The minimum atomic E-state index is -0.594. The molecule has 0 saturated carbocycles. The number of benzene rings is 2. The van der Waals surface area contributed by atoms with Crippen LogP contribution in [-0.4, -0.2) is 38.5 Å². The monoisotopic (exact) mass is 386 g/mol. The Bertz CT molecular complexity index is 670. The van der Waals surface area contributed by atoms with Crippen molar-refractivity contribution in [2.24, 2.45) is 0 Å². The summed E-state index contributed by atoms with van der Waals surface area (Å²) in [6.07, 6.45) is 0.518. The zero-order valence-electron chi connectivity index (χ0n) is 16.3. The van der Waals surface area contributed by atoms with Crippen molar-refractivity contribution in [2.75, 3.05) is 26.4 Å². The Balaban J connectivity index is 1.91. The van der Waals surface area contributed by atoms with E-state index in [1.54, 1.807) is 24.3 Å². The molecule has 2 aromatic rings. The quantitative estimate of drug-likeness (QED) is 0.405. The predicted octanol–water partition coefficient (Wildman–Crippen LogP) is 4.04. The van der Waals surface area contributed by atoms with Crippen molar-refractivity contribution in [3.63, 3.8) is 0 Å². The van der Waals surface area contributed by atoms with Gasteiger partial charge in [-0.3, -0.25) is 0 Å². The molecular weight excluding hydrogens is 360 g/mol. The van der Waals surface area contributed by atoms with Gasteiger partial charge in [0.2, 0.25) is 0 Å². The van der Waals surface area contributed by atoms with Gasteiger partial charge in [0.1, 0.15) is 36.2 Å². The second kappa shape index (κ2) is 11.5. The Hall–Kier alpha value is -3.15. The van der Waals surface area contributed by atoms with Gasteiger partial charge in [-0.15, -0.1) is 0 Å². The lowest BCUT2D eigenvalue weighted by Gasteiger charge is -2.18. The van der Waals surface area contributed by atoms with Crippen LogP contribution in [0.4, 0.5) is 0 Å². The Morgan fingerprint density at radius 3 is 1.46 bits per heavy atom. The number of carbonyl (C=O) groups excluding carboxylic acids is 1. The third-order valence-electron chi connectivity index (χ3n) is 3.59. The van der Waals surface area contributed by atoms with E-state index < -0.39 is 12.1 Å². The molecule has 0 amide bonds. The minimum absolute atomic E-state index is 0.143. The van der Waals surface area contributed by atoms with E-state index in [1.165, 1.54) is 0 Å². The van der Waals surface area contributed by atoms with Crippen LogP contribution in [0.15, 0.2) is 61.2 Å². The normalized spacial score (nSPS) is 10.2. The van der Waals surface area contributed by atoms with Gasteiger partial charge < -0.3 is 23.7 Å². The van der Waals surface area contributed by atoms with Gasteiger partial charge in [-0.2, -0.15) is 0 Å². The second-order valence-electron chi connectivity index (χ2n) is 5.69. The maximum atomic E-state index is 11.6. The average molecular weight is 386 g/mol. The zero-order chi connectivity index (χ0) is 20.2. The molecule has 0 unspecified atom stereocenters. The fraction of sp³-hybridized carbons (Fsp3) is 0.318. The fourth-order valence-electron chi connectivity index (χ4n) is 2.30. The molecule has 0 aromatic heterocycles. The molecule has 2 rings (SSSR count). The van der Waals surface area contributed by atoms with Crippen molar-refractivity contribution >= 4 is 5.97 Å². The highest BCUT2D eigenvalue weighted by Crippen LogP contribution is 2.19. The molecule has 28 heavy (non-hydrogen) atoms. The molecule has 0 aliphatic rings. The summed E-state index contributed by atoms with van der Waals surface area (Å²) in [6.45, 7) is 8.76. The van der Waals surface area contributed by atoms with Gasteiger partial charge in [0.15, 0.2) is 6.10 Å². The molecule has 0 spiro atoms. The lowest BCUT2D eigenvalue weighted by Crippen LogP contribution is -2.30. The molecule has 150 valence electrons. The highest BCUT2D eigenvalue weighted by Gasteiger charge is 2.15. The highest BCUT2D eigenvalue weighted by molar-refractivity contribution is 5.81. The summed E-state index contributed by atoms with van der Waals surface area (Å²) in [5.74, 6) is 2.29. The molecule has 0 aliphatic carbocycles. The first kappa shape index (κ1) is 21.2. The van der Waals surface area contributed by atoms with Crippen LogP contribution < -0.4 is 18.9 Å². The van der Waals surface area contributed by atoms with E-state index in [0.717, 1.165) is 17.6 Å². The van der Waals surface area contributed by atoms with Crippen LogP contribution in [0.3, 0.4) is 0 Å². The van der Waals surface area contributed by atoms with Crippen LogP contribution in [0, 0.1) is 0 Å².